The van der Waals surface area contributed by atoms with Crippen molar-refractivity contribution in [3.63, 3.8) is 0 Å². The molecule has 2 aromatic heterocycles. The number of ether oxygens (including phenoxy) is 1. The molecule has 0 amide bonds. The minimum absolute atomic E-state index is 0.0122. The number of para-hydroxylation sites is 1. The van der Waals surface area contributed by atoms with E-state index in [1.165, 1.54) is 18.3 Å². The summed E-state index contributed by atoms with van der Waals surface area (Å²) in [6.07, 6.45) is 1.70. The third-order valence-corrected chi connectivity index (χ3v) is 6.69. The van der Waals surface area contributed by atoms with E-state index in [0.29, 0.717) is 34.2 Å². The maximum Gasteiger partial charge on any atom is 0.313 e. The van der Waals surface area contributed by atoms with Crippen molar-refractivity contribution < 1.29 is 14.1 Å². The smallest absolute Gasteiger partial charge is 0.313 e. The molecule has 5 aromatic rings. The van der Waals surface area contributed by atoms with Gasteiger partial charge >= 0.3 is 5.69 Å². The van der Waals surface area contributed by atoms with Gasteiger partial charge in [0.2, 0.25) is 11.6 Å². The van der Waals surface area contributed by atoms with Crippen LogP contribution in [0, 0.1) is 10.1 Å². The van der Waals surface area contributed by atoms with Crippen LogP contribution in [0.3, 0.4) is 0 Å². The minimum Gasteiger partial charge on any atom is -0.483 e. The van der Waals surface area contributed by atoms with Crippen LogP contribution in [0.1, 0.15) is 25.8 Å². The highest BCUT2D eigenvalue weighted by atomic mass is 79.9. The number of aromatic nitrogens is 2. The molecular formula is C27H20BrClN4O5. The maximum absolute atomic E-state index is 13.5. The molecule has 0 bridgehead atoms. The number of hydrogen-bond donors (Lipinski definition) is 0. The summed E-state index contributed by atoms with van der Waals surface area (Å²) in [4.78, 5) is 29.3. The van der Waals surface area contributed by atoms with E-state index in [0.717, 1.165) is 14.5 Å². The first-order chi connectivity index (χ1) is 18.2. The predicted molar refractivity (Wildman–Crippen MR) is 150 cm³/mol. The standard InChI is InChI=1S/C27H20BrClN4O5/c1-3-15(2)37-25-20(29)10-16(11-22(25)33(35)36)14-30-32-26(31-21-7-5-4-6-19(21)27(32)34)24-13-17-12-18(28)8-9-23(17)38-24/h4-15H,3H2,1-2H3/t15-/m0/s1. The van der Waals surface area contributed by atoms with Gasteiger partial charge in [-0.25, -0.2) is 4.98 Å². The lowest BCUT2D eigenvalue weighted by molar-refractivity contribution is -0.386. The number of nitro groups is 1. The van der Waals surface area contributed by atoms with Gasteiger partial charge in [-0.1, -0.05) is 46.6 Å². The summed E-state index contributed by atoms with van der Waals surface area (Å²) in [7, 11) is 0. The third kappa shape index (κ3) is 4.92. The molecule has 0 saturated heterocycles. The molecule has 0 unspecified atom stereocenters. The van der Waals surface area contributed by atoms with E-state index in [2.05, 4.69) is 26.0 Å². The highest BCUT2D eigenvalue weighted by Crippen LogP contribution is 2.37. The monoisotopic (exact) mass is 594 g/mol. The second-order valence-corrected chi connectivity index (χ2v) is 9.87. The van der Waals surface area contributed by atoms with Gasteiger partial charge in [0, 0.05) is 21.5 Å². The molecule has 0 aliphatic rings. The zero-order chi connectivity index (χ0) is 27.0. The fraction of sp³-hybridized carbons (Fsp3) is 0.148. The van der Waals surface area contributed by atoms with Gasteiger partial charge in [0.25, 0.3) is 5.56 Å². The Hall–Kier alpha value is -4.02. The molecule has 0 saturated carbocycles. The Morgan fingerprint density at radius 2 is 2.03 bits per heavy atom. The van der Waals surface area contributed by atoms with Gasteiger partial charge in [-0.05, 0) is 55.8 Å². The molecule has 192 valence electrons. The van der Waals surface area contributed by atoms with Crippen molar-refractivity contribution in [1.82, 2.24) is 9.66 Å². The van der Waals surface area contributed by atoms with Gasteiger partial charge in [-0.15, -0.1) is 0 Å². The van der Waals surface area contributed by atoms with Crippen LogP contribution in [-0.4, -0.2) is 26.9 Å². The molecule has 0 spiro atoms. The number of hydrogen-bond acceptors (Lipinski definition) is 7. The Balaban J connectivity index is 1.66. The van der Waals surface area contributed by atoms with Crippen molar-refractivity contribution in [3.05, 3.63) is 96.2 Å². The lowest BCUT2D eigenvalue weighted by atomic mass is 10.2. The zero-order valence-corrected chi connectivity index (χ0v) is 22.6. The Kier molecular flexibility index (Phi) is 7.00. The van der Waals surface area contributed by atoms with Crippen LogP contribution in [0.4, 0.5) is 5.69 Å². The van der Waals surface area contributed by atoms with Gasteiger partial charge in [0.15, 0.2) is 5.76 Å². The van der Waals surface area contributed by atoms with Gasteiger partial charge < -0.3 is 9.15 Å². The van der Waals surface area contributed by atoms with E-state index in [1.807, 2.05) is 19.1 Å². The summed E-state index contributed by atoms with van der Waals surface area (Å²) in [5.74, 6) is 0.496. The number of nitro benzene ring substituents is 1. The summed E-state index contributed by atoms with van der Waals surface area (Å²) in [6.45, 7) is 3.70. The fourth-order valence-corrected chi connectivity index (χ4v) is 4.50. The molecule has 0 N–H and O–H groups in total. The normalized spacial score (nSPS) is 12.4. The van der Waals surface area contributed by atoms with Crippen LogP contribution in [-0.2, 0) is 0 Å². The molecule has 38 heavy (non-hydrogen) atoms. The Labute approximate surface area is 229 Å². The topological polar surface area (TPSA) is 113 Å². The molecule has 3 aromatic carbocycles. The summed E-state index contributed by atoms with van der Waals surface area (Å²) < 4.78 is 13.7. The van der Waals surface area contributed by atoms with E-state index in [9.17, 15) is 14.9 Å². The number of furan rings is 1. The van der Waals surface area contributed by atoms with Crippen molar-refractivity contribution in [1.29, 1.82) is 0 Å². The summed E-state index contributed by atoms with van der Waals surface area (Å²) >= 11 is 9.81. The van der Waals surface area contributed by atoms with Crippen molar-refractivity contribution >= 4 is 61.3 Å². The molecule has 11 heteroatoms. The molecule has 0 aliphatic heterocycles. The fourth-order valence-electron chi connectivity index (χ4n) is 3.85. The van der Waals surface area contributed by atoms with Gasteiger partial charge in [0.1, 0.15) is 5.58 Å². The molecular weight excluding hydrogens is 576 g/mol. The third-order valence-electron chi connectivity index (χ3n) is 5.91. The van der Waals surface area contributed by atoms with Crippen molar-refractivity contribution in [2.75, 3.05) is 0 Å². The van der Waals surface area contributed by atoms with Crippen LogP contribution in [0.5, 0.6) is 5.75 Å². The highest BCUT2D eigenvalue weighted by molar-refractivity contribution is 9.10. The number of fused-ring (bicyclic) bond motifs is 2. The number of rotatable bonds is 7. The molecule has 1 atom stereocenters. The van der Waals surface area contributed by atoms with Gasteiger partial charge in [-0.2, -0.15) is 9.78 Å². The lowest BCUT2D eigenvalue weighted by Gasteiger charge is -2.14. The SMILES string of the molecule is CC[C@H](C)Oc1c(Cl)cc(C=Nn2c(-c3cc4cc(Br)ccc4o3)nc3ccccc3c2=O)cc1[N+](=O)[O-]. The van der Waals surface area contributed by atoms with Crippen LogP contribution in [0.15, 0.2) is 79.4 Å². The average Bonchev–Trinajstić information content (AvgIpc) is 3.32. The van der Waals surface area contributed by atoms with Crippen molar-refractivity contribution in [3.8, 4) is 17.3 Å². The van der Waals surface area contributed by atoms with Gasteiger partial charge in [0.05, 0.1) is 33.2 Å². The van der Waals surface area contributed by atoms with Crippen molar-refractivity contribution in [2.24, 2.45) is 5.10 Å². The second kappa shape index (κ2) is 10.4. The first kappa shape index (κ1) is 25.6. The Bertz CT molecular complexity index is 1800. The Morgan fingerprint density at radius 1 is 1.24 bits per heavy atom. The highest BCUT2D eigenvalue weighted by Gasteiger charge is 2.22. The summed E-state index contributed by atoms with van der Waals surface area (Å²) in [5.41, 5.74) is 0.663. The van der Waals surface area contributed by atoms with E-state index < -0.39 is 10.5 Å². The average molecular weight is 596 g/mol. The van der Waals surface area contributed by atoms with E-state index >= 15 is 0 Å². The second-order valence-electron chi connectivity index (χ2n) is 8.55. The van der Waals surface area contributed by atoms with Crippen LogP contribution in [0.2, 0.25) is 5.02 Å². The van der Waals surface area contributed by atoms with Crippen molar-refractivity contribution in [2.45, 2.75) is 26.4 Å². The molecule has 9 nitrogen and oxygen atoms in total. The summed E-state index contributed by atoms with van der Waals surface area (Å²) in [6, 6.07) is 17.0. The van der Waals surface area contributed by atoms with Gasteiger partial charge in [-0.3, -0.25) is 14.9 Å². The largest absolute Gasteiger partial charge is 0.483 e. The molecule has 0 aliphatic carbocycles. The van der Waals surface area contributed by atoms with Crippen LogP contribution in [0.25, 0.3) is 33.5 Å². The maximum atomic E-state index is 13.5. The molecule has 2 heterocycles. The first-order valence-electron chi connectivity index (χ1n) is 11.7. The molecule has 5 rings (SSSR count). The Morgan fingerprint density at radius 3 is 2.79 bits per heavy atom. The van der Waals surface area contributed by atoms with Crippen LogP contribution < -0.4 is 10.3 Å². The molecule has 0 fully saturated rings. The van der Waals surface area contributed by atoms with E-state index in [4.69, 9.17) is 20.8 Å². The molecule has 0 radical (unpaired) electrons. The van der Waals surface area contributed by atoms with E-state index in [-0.39, 0.29) is 28.4 Å². The van der Waals surface area contributed by atoms with Crippen LogP contribution >= 0.6 is 27.5 Å². The first-order valence-corrected chi connectivity index (χ1v) is 12.8. The predicted octanol–water partition coefficient (Wildman–Crippen LogP) is 7.19. The zero-order valence-electron chi connectivity index (χ0n) is 20.2. The number of halogens is 2. The van der Waals surface area contributed by atoms with E-state index in [1.54, 1.807) is 43.3 Å². The quantitative estimate of drug-likeness (QED) is 0.112. The number of benzene rings is 3. The summed E-state index contributed by atoms with van der Waals surface area (Å²) in [5, 5.41) is 17.4. The lowest BCUT2D eigenvalue weighted by Crippen LogP contribution is -2.20. The minimum atomic E-state index is -0.567. The number of nitrogens with zero attached hydrogens (tertiary/aromatic N) is 4.